The van der Waals surface area contributed by atoms with E-state index in [2.05, 4.69) is 10.3 Å². The predicted octanol–water partition coefficient (Wildman–Crippen LogP) is 1.76. The fourth-order valence-electron chi connectivity index (χ4n) is 1.33. The highest BCUT2D eigenvalue weighted by Gasteiger charge is 2.05. The van der Waals surface area contributed by atoms with Crippen molar-refractivity contribution in [3.05, 3.63) is 24.1 Å². The summed E-state index contributed by atoms with van der Waals surface area (Å²) in [5.74, 6) is 0.356. The van der Waals surface area contributed by atoms with E-state index in [1.54, 1.807) is 6.07 Å². The maximum Gasteiger partial charge on any atom is 0.141 e. The molecule has 0 bridgehead atoms. The second kappa shape index (κ2) is 4.91. The maximum absolute atomic E-state index is 12.5. The van der Waals surface area contributed by atoms with Gasteiger partial charge in [-0.1, -0.05) is 0 Å². The number of halogens is 1. The molecule has 2 unspecified atom stereocenters. The van der Waals surface area contributed by atoms with Crippen molar-refractivity contribution in [1.82, 2.24) is 4.98 Å². The van der Waals surface area contributed by atoms with E-state index in [4.69, 9.17) is 5.73 Å². The lowest BCUT2D eigenvalue weighted by Crippen LogP contribution is -2.26. The van der Waals surface area contributed by atoms with E-state index in [0.717, 1.165) is 6.42 Å². The highest BCUT2D eigenvalue weighted by molar-refractivity contribution is 5.34. The Hall–Kier alpha value is -1.16. The Morgan fingerprint density at radius 1 is 1.50 bits per heavy atom. The summed E-state index contributed by atoms with van der Waals surface area (Å²) in [4.78, 5) is 3.90. The molecule has 3 nitrogen and oxygen atoms in total. The molecule has 0 amide bonds. The number of aromatic nitrogens is 1. The van der Waals surface area contributed by atoms with E-state index in [1.165, 1.54) is 12.3 Å². The zero-order chi connectivity index (χ0) is 10.6. The van der Waals surface area contributed by atoms with E-state index >= 15 is 0 Å². The number of anilines is 1. The van der Waals surface area contributed by atoms with Crippen LogP contribution in [0.25, 0.3) is 0 Å². The Kier molecular flexibility index (Phi) is 3.83. The van der Waals surface area contributed by atoms with Gasteiger partial charge in [-0.15, -0.1) is 0 Å². The smallest absolute Gasteiger partial charge is 0.141 e. The van der Waals surface area contributed by atoms with E-state index in [0.29, 0.717) is 5.82 Å². The first-order chi connectivity index (χ1) is 6.58. The molecule has 0 spiro atoms. The Morgan fingerprint density at radius 3 is 2.71 bits per heavy atom. The van der Waals surface area contributed by atoms with Gasteiger partial charge in [0.1, 0.15) is 11.6 Å². The second-order valence-corrected chi connectivity index (χ2v) is 3.62. The van der Waals surface area contributed by atoms with Crippen molar-refractivity contribution in [2.24, 2.45) is 5.73 Å². The summed E-state index contributed by atoms with van der Waals surface area (Å²) >= 11 is 0. The molecule has 0 aliphatic carbocycles. The highest BCUT2D eigenvalue weighted by Crippen LogP contribution is 2.07. The van der Waals surface area contributed by atoms with Gasteiger partial charge in [-0.3, -0.25) is 0 Å². The molecule has 0 saturated heterocycles. The summed E-state index contributed by atoms with van der Waals surface area (Å²) in [6.07, 6.45) is 2.06. The van der Waals surface area contributed by atoms with Crippen LogP contribution in [0.4, 0.5) is 10.2 Å². The Morgan fingerprint density at radius 2 is 2.21 bits per heavy atom. The van der Waals surface area contributed by atoms with Crippen LogP contribution in [0.3, 0.4) is 0 Å². The van der Waals surface area contributed by atoms with Crippen LogP contribution in [0.2, 0.25) is 0 Å². The van der Waals surface area contributed by atoms with Gasteiger partial charge in [0.05, 0.1) is 6.20 Å². The number of nitrogens with two attached hydrogens (primary N) is 1. The average molecular weight is 197 g/mol. The molecule has 0 saturated carbocycles. The summed E-state index contributed by atoms with van der Waals surface area (Å²) < 4.78 is 12.5. The van der Waals surface area contributed by atoms with E-state index in [1.807, 2.05) is 13.8 Å². The van der Waals surface area contributed by atoms with E-state index in [9.17, 15) is 4.39 Å². The van der Waals surface area contributed by atoms with Gasteiger partial charge in [-0.05, 0) is 32.4 Å². The minimum absolute atomic E-state index is 0.151. The number of nitrogens with zero attached hydrogens (tertiary/aromatic N) is 1. The molecule has 4 heteroatoms. The second-order valence-electron chi connectivity index (χ2n) is 3.62. The Balaban J connectivity index is 2.47. The number of rotatable bonds is 4. The largest absolute Gasteiger partial charge is 0.368 e. The molecule has 1 aromatic heterocycles. The molecule has 2 atom stereocenters. The molecule has 1 heterocycles. The van der Waals surface area contributed by atoms with Gasteiger partial charge in [0, 0.05) is 12.1 Å². The molecule has 1 aromatic rings. The van der Waals surface area contributed by atoms with Gasteiger partial charge in [0.2, 0.25) is 0 Å². The molecule has 0 aliphatic heterocycles. The van der Waals surface area contributed by atoms with Crippen LogP contribution in [0, 0.1) is 5.82 Å². The number of hydrogen-bond acceptors (Lipinski definition) is 3. The van der Waals surface area contributed by atoms with Gasteiger partial charge < -0.3 is 11.1 Å². The molecule has 0 fully saturated rings. The van der Waals surface area contributed by atoms with E-state index < -0.39 is 0 Å². The third-order valence-electron chi connectivity index (χ3n) is 1.85. The van der Waals surface area contributed by atoms with Crippen LogP contribution in [0.15, 0.2) is 18.3 Å². The quantitative estimate of drug-likeness (QED) is 0.773. The van der Waals surface area contributed by atoms with Crippen LogP contribution >= 0.6 is 0 Å². The standard InChI is InChI=1S/C10H16FN3/c1-7(12)5-8(2)14-10-4-3-9(11)6-13-10/h3-4,6-8H,5,12H2,1-2H3,(H,13,14). The fourth-order valence-corrected chi connectivity index (χ4v) is 1.33. The summed E-state index contributed by atoms with van der Waals surface area (Å²) in [5.41, 5.74) is 5.65. The van der Waals surface area contributed by atoms with Crippen LogP contribution < -0.4 is 11.1 Å². The summed E-state index contributed by atoms with van der Waals surface area (Å²) in [5, 5.41) is 3.14. The fraction of sp³-hybridized carbons (Fsp3) is 0.500. The van der Waals surface area contributed by atoms with Crippen LogP contribution in [0.1, 0.15) is 20.3 Å². The summed E-state index contributed by atoms with van der Waals surface area (Å²) in [7, 11) is 0. The molecule has 0 aliphatic rings. The molecule has 0 aromatic carbocycles. The summed E-state index contributed by atoms with van der Waals surface area (Å²) in [6, 6.07) is 3.40. The van der Waals surface area contributed by atoms with Crippen molar-refractivity contribution < 1.29 is 4.39 Å². The Labute approximate surface area is 83.5 Å². The molecule has 3 N–H and O–H groups in total. The van der Waals surface area contributed by atoms with Crippen LogP contribution in [-0.4, -0.2) is 17.1 Å². The number of hydrogen-bond donors (Lipinski definition) is 2. The summed E-state index contributed by atoms with van der Waals surface area (Å²) in [6.45, 7) is 3.98. The zero-order valence-electron chi connectivity index (χ0n) is 8.50. The third kappa shape index (κ3) is 3.70. The highest BCUT2D eigenvalue weighted by atomic mass is 19.1. The van der Waals surface area contributed by atoms with Gasteiger partial charge in [-0.2, -0.15) is 0 Å². The third-order valence-corrected chi connectivity index (χ3v) is 1.85. The zero-order valence-corrected chi connectivity index (χ0v) is 8.50. The van der Waals surface area contributed by atoms with Gasteiger partial charge in [-0.25, -0.2) is 9.37 Å². The molecule has 14 heavy (non-hydrogen) atoms. The molecular formula is C10H16FN3. The minimum atomic E-state index is -0.324. The molecule has 78 valence electrons. The monoisotopic (exact) mass is 197 g/mol. The van der Waals surface area contributed by atoms with Crippen molar-refractivity contribution >= 4 is 5.82 Å². The molecule has 1 rings (SSSR count). The lowest BCUT2D eigenvalue weighted by Gasteiger charge is -2.16. The maximum atomic E-state index is 12.5. The van der Waals surface area contributed by atoms with Crippen molar-refractivity contribution in [2.75, 3.05) is 5.32 Å². The van der Waals surface area contributed by atoms with Gasteiger partial charge in [0.25, 0.3) is 0 Å². The van der Waals surface area contributed by atoms with Crippen molar-refractivity contribution in [3.8, 4) is 0 Å². The molecule has 0 radical (unpaired) electrons. The average Bonchev–Trinajstić information content (AvgIpc) is 2.07. The van der Waals surface area contributed by atoms with Crippen LogP contribution in [-0.2, 0) is 0 Å². The molecular weight excluding hydrogens is 181 g/mol. The van der Waals surface area contributed by atoms with Gasteiger partial charge >= 0.3 is 0 Å². The topological polar surface area (TPSA) is 50.9 Å². The normalized spacial score (nSPS) is 14.9. The number of nitrogens with one attached hydrogen (secondary N) is 1. The minimum Gasteiger partial charge on any atom is -0.368 e. The SMILES string of the molecule is CC(N)CC(C)Nc1ccc(F)cn1. The van der Waals surface area contributed by atoms with Crippen molar-refractivity contribution in [2.45, 2.75) is 32.4 Å². The number of pyridine rings is 1. The first-order valence-corrected chi connectivity index (χ1v) is 4.71. The first-order valence-electron chi connectivity index (χ1n) is 4.71. The Bertz CT molecular complexity index is 271. The predicted molar refractivity (Wildman–Crippen MR) is 55.5 cm³/mol. The van der Waals surface area contributed by atoms with Crippen molar-refractivity contribution in [3.63, 3.8) is 0 Å². The lowest BCUT2D eigenvalue weighted by atomic mass is 10.1. The first kappa shape index (κ1) is 10.9. The van der Waals surface area contributed by atoms with E-state index in [-0.39, 0.29) is 17.9 Å². The van der Waals surface area contributed by atoms with Gasteiger partial charge in [0.15, 0.2) is 0 Å². The van der Waals surface area contributed by atoms with Crippen molar-refractivity contribution in [1.29, 1.82) is 0 Å². The lowest BCUT2D eigenvalue weighted by molar-refractivity contribution is 0.600. The van der Waals surface area contributed by atoms with Crippen LogP contribution in [0.5, 0.6) is 0 Å².